The maximum atomic E-state index is 6.59. The Kier molecular flexibility index (Phi) is 6.21. The monoisotopic (exact) mass is 328 g/mol. The molecule has 0 saturated carbocycles. The number of rotatable bonds is 5. The van der Waals surface area contributed by atoms with Gasteiger partial charge in [-0.2, -0.15) is 0 Å². The highest BCUT2D eigenvalue weighted by Gasteiger charge is 2.34. The summed E-state index contributed by atoms with van der Waals surface area (Å²) in [7, 11) is 0. The summed E-state index contributed by atoms with van der Waals surface area (Å²) in [6.45, 7) is 4.57. The Morgan fingerprint density at radius 2 is 2.08 bits per heavy atom. The van der Waals surface area contributed by atoms with Crippen LogP contribution in [0, 0.1) is 17.8 Å². The average molecular weight is 329 g/mol. The van der Waals surface area contributed by atoms with Crippen molar-refractivity contribution in [1.29, 1.82) is 0 Å². The lowest BCUT2D eigenvalue weighted by Gasteiger charge is -2.41. The largest absolute Gasteiger partial charge is 0.381 e. The van der Waals surface area contributed by atoms with Gasteiger partial charge in [0.25, 0.3) is 0 Å². The number of allylic oxidation sites excluding steroid dienone is 4. The minimum Gasteiger partial charge on any atom is -0.381 e. The lowest BCUT2D eigenvalue weighted by atomic mass is 9.76. The van der Waals surface area contributed by atoms with Gasteiger partial charge < -0.3 is 11.1 Å². The molecule has 0 spiro atoms. The first-order chi connectivity index (χ1) is 11.7. The van der Waals surface area contributed by atoms with Gasteiger partial charge in [-0.05, 0) is 57.3 Å². The van der Waals surface area contributed by atoms with E-state index in [4.69, 9.17) is 5.73 Å². The Morgan fingerprint density at radius 1 is 1.21 bits per heavy atom. The summed E-state index contributed by atoms with van der Waals surface area (Å²) in [6, 6.07) is 0.787. The van der Waals surface area contributed by atoms with E-state index in [1.807, 2.05) is 0 Å². The maximum Gasteiger partial charge on any atom is 0.0516 e. The molecular weight excluding hydrogens is 292 g/mol. The van der Waals surface area contributed by atoms with Crippen molar-refractivity contribution in [2.75, 3.05) is 0 Å². The first-order valence-electron chi connectivity index (χ1n) is 10.3. The fourth-order valence-electron chi connectivity index (χ4n) is 4.70. The van der Waals surface area contributed by atoms with Gasteiger partial charge in [0.05, 0.1) is 6.04 Å². The van der Waals surface area contributed by atoms with Crippen molar-refractivity contribution in [2.24, 2.45) is 23.5 Å². The third-order valence-corrected chi connectivity index (χ3v) is 6.26. The third-order valence-electron chi connectivity index (χ3n) is 6.26. The predicted molar refractivity (Wildman–Crippen MR) is 104 cm³/mol. The van der Waals surface area contributed by atoms with Crippen LogP contribution < -0.4 is 11.1 Å². The molecule has 3 N–H and O–H groups in total. The maximum absolute atomic E-state index is 6.59. The van der Waals surface area contributed by atoms with Crippen molar-refractivity contribution in [1.82, 2.24) is 5.32 Å². The van der Waals surface area contributed by atoms with E-state index in [1.165, 1.54) is 50.6 Å². The van der Waals surface area contributed by atoms with E-state index < -0.39 is 0 Å². The molecule has 1 aliphatic heterocycles. The normalized spacial score (nSPS) is 35.0. The molecule has 0 amide bonds. The molecular formula is C22H36N2. The molecule has 0 aromatic carbocycles. The molecule has 2 nitrogen and oxygen atoms in total. The Labute approximate surface area is 148 Å². The Hall–Kier alpha value is -1.02. The van der Waals surface area contributed by atoms with Crippen molar-refractivity contribution in [2.45, 2.75) is 83.7 Å². The van der Waals surface area contributed by atoms with E-state index in [0.29, 0.717) is 23.9 Å². The van der Waals surface area contributed by atoms with Crippen LogP contribution in [0.4, 0.5) is 0 Å². The lowest BCUT2D eigenvalue weighted by Crippen LogP contribution is -2.49. The van der Waals surface area contributed by atoms with Crippen LogP contribution in [0.2, 0.25) is 0 Å². The lowest BCUT2D eigenvalue weighted by molar-refractivity contribution is 0.300. The number of nitrogens with one attached hydrogen (secondary N) is 1. The average Bonchev–Trinajstić information content (AvgIpc) is 2.63. The van der Waals surface area contributed by atoms with E-state index >= 15 is 0 Å². The van der Waals surface area contributed by atoms with E-state index in [9.17, 15) is 0 Å². The minimum atomic E-state index is 0.315. The van der Waals surface area contributed by atoms with E-state index in [-0.39, 0.29) is 0 Å². The number of hydrogen-bond donors (Lipinski definition) is 2. The molecule has 1 heterocycles. The summed E-state index contributed by atoms with van der Waals surface area (Å²) in [5.74, 6) is 1.90. The quantitative estimate of drug-likeness (QED) is 0.691. The van der Waals surface area contributed by atoms with E-state index in [2.05, 4.69) is 43.5 Å². The fraction of sp³-hybridized carbons (Fsp3) is 0.727. The SMILES string of the molecule is CCCC(N)C1CC=C(C2C=CC(C)CC2)NC1C1=CCCCC1. The van der Waals surface area contributed by atoms with Gasteiger partial charge in [-0.1, -0.05) is 50.1 Å². The molecule has 0 aromatic rings. The summed E-state index contributed by atoms with van der Waals surface area (Å²) < 4.78 is 0. The van der Waals surface area contributed by atoms with Crippen LogP contribution in [0.25, 0.3) is 0 Å². The molecule has 3 rings (SSSR count). The summed E-state index contributed by atoms with van der Waals surface area (Å²) in [4.78, 5) is 0. The van der Waals surface area contributed by atoms with Gasteiger partial charge in [-0.3, -0.25) is 0 Å². The van der Waals surface area contributed by atoms with Gasteiger partial charge in [0.15, 0.2) is 0 Å². The molecule has 0 saturated heterocycles. The van der Waals surface area contributed by atoms with Crippen LogP contribution in [0.1, 0.15) is 71.6 Å². The van der Waals surface area contributed by atoms with E-state index in [0.717, 1.165) is 18.8 Å². The molecule has 3 aliphatic rings. The second kappa shape index (κ2) is 8.38. The standard InChI is InChI=1S/C22H36N2/c1-3-7-20(23)19-14-15-21(17-12-10-16(2)11-13-17)24-22(19)18-8-5-4-6-9-18/h8,10,12,15-17,19-20,22,24H,3-7,9,11,13-14,23H2,1-2H3. The zero-order valence-electron chi connectivity index (χ0n) is 15.6. The van der Waals surface area contributed by atoms with Crippen LogP contribution in [0.3, 0.4) is 0 Å². The van der Waals surface area contributed by atoms with Crippen LogP contribution in [0.15, 0.2) is 35.6 Å². The topological polar surface area (TPSA) is 38.0 Å². The van der Waals surface area contributed by atoms with Gasteiger partial charge in [0.2, 0.25) is 0 Å². The minimum absolute atomic E-state index is 0.315. The molecule has 24 heavy (non-hydrogen) atoms. The Balaban J connectivity index is 1.78. The van der Waals surface area contributed by atoms with E-state index in [1.54, 1.807) is 5.57 Å². The van der Waals surface area contributed by atoms with Crippen molar-refractivity contribution < 1.29 is 0 Å². The molecule has 2 heteroatoms. The van der Waals surface area contributed by atoms with Crippen molar-refractivity contribution in [3.05, 3.63) is 35.6 Å². The van der Waals surface area contributed by atoms with Crippen LogP contribution in [-0.2, 0) is 0 Å². The predicted octanol–water partition coefficient (Wildman–Crippen LogP) is 5.08. The summed E-state index contributed by atoms with van der Waals surface area (Å²) in [5.41, 5.74) is 9.69. The number of hydrogen-bond acceptors (Lipinski definition) is 2. The van der Waals surface area contributed by atoms with Crippen LogP contribution >= 0.6 is 0 Å². The van der Waals surface area contributed by atoms with Crippen molar-refractivity contribution in [3.63, 3.8) is 0 Å². The molecule has 0 fully saturated rings. The second-order valence-electron chi connectivity index (χ2n) is 8.20. The highest BCUT2D eigenvalue weighted by Crippen LogP contribution is 2.35. The summed E-state index contributed by atoms with van der Waals surface area (Å²) in [6.07, 6.45) is 21.1. The zero-order chi connectivity index (χ0) is 16.9. The van der Waals surface area contributed by atoms with Crippen molar-refractivity contribution >= 4 is 0 Å². The molecule has 2 aliphatic carbocycles. The fourth-order valence-corrected chi connectivity index (χ4v) is 4.70. The molecule has 0 radical (unpaired) electrons. The highest BCUT2D eigenvalue weighted by atomic mass is 15.0. The molecule has 0 aromatic heterocycles. The van der Waals surface area contributed by atoms with Gasteiger partial charge in [-0.25, -0.2) is 0 Å². The first-order valence-corrected chi connectivity index (χ1v) is 10.3. The van der Waals surface area contributed by atoms with Gasteiger partial charge in [0.1, 0.15) is 0 Å². The first kappa shape index (κ1) is 17.8. The number of nitrogens with two attached hydrogens (primary N) is 1. The van der Waals surface area contributed by atoms with Gasteiger partial charge in [-0.15, -0.1) is 0 Å². The smallest absolute Gasteiger partial charge is 0.0516 e. The Bertz CT molecular complexity index is 502. The third kappa shape index (κ3) is 4.14. The zero-order valence-corrected chi connectivity index (χ0v) is 15.6. The molecule has 5 unspecified atom stereocenters. The summed E-state index contributed by atoms with van der Waals surface area (Å²) >= 11 is 0. The highest BCUT2D eigenvalue weighted by molar-refractivity contribution is 5.26. The summed E-state index contributed by atoms with van der Waals surface area (Å²) in [5, 5.41) is 3.96. The van der Waals surface area contributed by atoms with Crippen LogP contribution in [0.5, 0.6) is 0 Å². The second-order valence-corrected chi connectivity index (χ2v) is 8.20. The van der Waals surface area contributed by atoms with Gasteiger partial charge >= 0.3 is 0 Å². The molecule has 5 atom stereocenters. The Morgan fingerprint density at radius 3 is 2.75 bits per heavy atom. The van der Waals surface area contributed by atoms with Gasteiger partial charge in [0, 0.05) is 23.6 Å². The van der Waals surface area contributed by atoms with Crippen LogP contribution in [-0.4, -0.2) is 12.1 Å². The van der Waals surface area contributed by atoms with Crippen molar-refractivity contribution in [3.8, 4) is 0 Å². The molecule has 0 bridgehead atoms. The molecule has 134 valence electrons.